The highest BCUT2D eigenvalue weighted by atomic mass is 32.2. The van der Waals surface area contributed by atoms with Crippen LogP contribution in [0.2, 0.25) is 0 Å². The van der Waals surface area contributed by atoms with Gasteiger partial charge in [-0.15, -0.1) is 0 Å². The Bertz CT molecular complexity index is 1030. The van der Waals surface area contributed by atoms with E-state index in [1.54, 1.807) is 23.1 Å². The van der Waals surface area contributed by atoms with Gasteiger partial charge >= 0.3 is 0 Å². The van der Waals surface area contributed by atoms with E-state index in [2.05, 4.69) is 0 Å². The number of hydrogen-bond donors (Lipinski definition) is 0. The number of carbonyl (C=O) groups excluding carboxylic acids is 1. The summed E-state index contributed by atoms with van der Waals surface area (Å²) in [7, 11) is -3.79. The van der Waals surface area contributed by atoms with Gasteiger partial charge in [0.2, 0.25) is 16.8 Å². The summed E-state index contributed by atoms with van der Waals surface area (Å²) in [5, 5.41) is 0. The van der Waals surface area contributed by atoms with Crippen molar-refractivity contribution in [2.45, 2.75) is 18.4 Å². The predicted octanol–water partition coefficient (Wildman–Crippen LogP) is 2.10. The molecule has 0 radical (unpaired) electrons. The van der Waals surface area contributed by atoms with E-state index < -0.39 is 10.0 Å². The molecule has 0 bridgehead atoms. The Balaban J connectivity index is 1.60. The lowest BCUT2D eigenvalue weighted by atomic mass is 10.1. The molecule has 2 heterocycles. The molecule has 0 atom stereocenters. The number of hydrogen-bond acceptors (Lipinski definition) is 6. The summed E-state index contributed by atoms with van der Waals surface area (Å²) in [5.74, 6) is 0.990. The minimum absolute atomic E-state index is 0.0287. The van der Waals surface area contributed by atoms with E-state index in [1.165, 1.54) is 10.4 Å². The van der Waals surface area contributed by atoms with E-state index in [4.69, 9.17) is 14.2 Å². The molecule has 9 heteroatoms. The smallest absolute Gasteiger partial charge is 0.255 e. The number of morpholine rings is 1. The zero-order valence-corrected chi connectivity index (χ0v) is 17.6. The van der Waals surface area contributed by atoms with Crippen molar-refractivity contribution < 1.29 is 27.4 Å². The molecule has 0 saturated carbocycles. The van der Waals surface area contributed by atoms with Gasteiger partial charge in [0.25, 0.3) is 5.91 Å². The molecule has 1 fully saturated rings. The quantitative estimate of drug-likeness (QED) is 0.695. The lowest BCUT2D eigenvalue weighted by Gasteiger charge is -2.28. The average Bonchev–Trinajstić information content (AvgIpc) is 3.25. The highest BCUT2D eigenvalue weighted by Gasteiger charge is 2.31. The molecule has 2 aromatic rings. The molecule has 160 valence electrons. The predicted molar refractivity (Wildman–Crippen MR) is 109 cm³/mol. The molecule has 2 aromatic carbocycles. The van der Waals surface area contributed by atoms with Crippen LogP contribution in [0.4, 0.5) is 0 Å². The Hall–Kier alpha value is -2.62. The van der Waals surface area contributed by atoms with Crippen LogP contribution in [-0.4, -0.2) is 63.2 Å². The lowest BCUT2D eigenvalue weighted by Crippen LogP contribution is -2.41. The van der Waals surface area contributed by atoms with E-state index in [0.717, 1.165) is 5.56 Å². The Labute approximate surface area is 176 Å². The Kier molecular flexibility index (Phi) is 5.94. The second-order valence-corrected chi connectivity index (χ2v) is 8.93. The van der Waals surface area contributed by atoms with E-state index >= 15 is 0 Å². The number of nitrogens with zero attached hydrogens (tertiary/aromatic N) is 2. The first-order valence-electron chi connectivity index (χ1n) is 9.85. The lowest BCUT2D eigenvalue weighted by molar-refractivity contribution is 0.0724. The van der Waals surface area contributed by atoms with E-state index in [0.29, 0.717) is 37.8 Å². The van der Waals surface area contributed by atoms with E-state index in [9.17, 15) is 13.2 Å². The van der Waals surface area contributed by atoms with Crippen molar-refractivity contribution in [1.29, 1.82) is 0 Å². The summed E-state index contributed by atoms with van der Waals surface area (Å²) in [6.07, 6.45) is 0. The van der Waals surface area contributed by atoms with Gasteiger partial charge in [0, 0.05) is 26.2 Å². The number of ether oxygens (including phenoxy) is 3. The largest absolute Gasteiger partial charge is 0.454 e. The first kappa shape index (κ1) is 20.6. The van der Waals surface area contributed by atoms with Gasteiger partial charge in [0.1, 0.15) is 0 Å². The second kappa shape index (κ2) is 8.63. The molecule has 1 saturated heterocycles. The molecule has 0 aliphatic carbocycles. The summed E-state index contributed by atoms with van der Waals surface area (Å²) in [5.41, 5.74) is 1.05. The zero-order chi connectivity index (χ0) is 21.1. The molecule has 1 amide bonds. The minimum Gasteiger partial charge on any atom is -0.454 e. The van der Waals surface area contributed by atoms with Crippen LogP contribution < -0.4 is 9.47 Å². The summed E-state index contributed by atoms with van der Waals surface area (Å²) in [4.78, 5) is 15.0. The third kappa shape index (κ3) is 4.00. The maximum atomic E-state index is 13.3. The number of rotatable bonds is 6. The SMILES string of the molecule is CCN(Cc1ccc2c(c1)OCO2)C(=O)c1ccccc1S(=O)(=O)N1CCOCC1. The van der Waals surface area contributed by atoms with Gasteiger partial charge in [-0.2, -0.15) is 4.31 Å². The van der Waals surface area contributed by atoms with Gasteiger partial charge in [0.05, 0.1) is 23.7 Å². The fraction of sp³-hybridized carbons (Fsp3) is 0.381. The fourth-order valence-electron chi connectivity index (χ4n) is 3.55. The molecule has 30 heavy (non-hydrogen) atoms. The van der Waals surface area contributed by atoms with Crippen LogP contribution in [0.5, 0.6) is 11.5 Å². The van der Waals surface area contributed by atoms with Gasteiger partial charge < -0.3 is 19.1 Å². The first-order chi connectivity index (χ1) is 14.5. The molecule has 2 aliphatic rings. The maximum absolute atomic E-state index is 13.3. The molecule has 0 spiro atoms. The number of amides is 1. The van der Waals surface area contributed by atoms with Crippen LogP contribution >= 0.6 is 0 Å². The molecule has 0 aromatic heterocycles. The van der Waals surface area contributed by atoms with Crippen LogP contribution in [0.1, 0.15) is 22.8 Å². The van der Waals surface area contributed by atoms with E-state index in [-0.39, 0.29) is 36.2 Å². The number of carbonyl (C=O) groups is 1. The Morgan fingerprint density at radius 1 is 1.07 bits per heavy atom. The summed E-state index contributed by atoms with van der Waals surface area (Å²) >= 11 is 0. The van der Waals surface area contributed by atoms with Crippen molar-refractivity contribution in [3.8, 4) is 11.5 Å². The monoisotopic (exact) mass is 432 g/mol. The maximum Gasteiger partial charge on any atom is 0.255 e. The normalized spacial score (nSPS) is 16.4. The number of sulfonamides is 1. The molecular weight excluding hydrogens is 408 g/mol. The Morgan fingerprint density at radius 3 is 2.57 bits per heavy atom. The summed E-state index contributed by atoms with van der Waals surface area (Å²) < 4.78 is 43.7. The third-order valence-electron chi connectivity index (χ3n) is 5.18. The molecule has 0 unspecified atom stereocenters. The van der Waals surface area contributed by atoms with Crippen molar-refractivity contribution >= 4 is 15.9 Å². The molecule has 2 aliphatic heterocycles. The number of benzene rings is 2. The van der Waals surface area contributed by atoms with Crippen molar-refractivity contribution in [3.05, 3.63) is 53.6 Å². The van der Waals surface area contributed by atoms with Crippen molar-refractivity contribution in [2.24, 2.45) is 0 Å². The first-order valence-corrected chi connectivity index (χ1v) is 11.3. The molecule has 4 rings (SSSR count). The van der Waals surface area contributed by atoms with Crippen LogP contribution in [0.15, 0.2) is 47.4 Å². The number of fused-ring (bicyclic) bond motifs is 1. The summed E-state index contributed by atoms with van der Waals surface area (Å²) in [6.45, 7) is 4.06. The summed E-state index contributed by atoms with van der Waals surface area (Å²) in [6, 6.07) is 11.9. The third-order valence-corrected chi connectivity index (χ3v) is 7.14. The second-order valence-electron chi connectivity index (χ2n) is 7.02. The topological polar surface area (TPSA) is 85.4 Å². The van der Waals surface area contributed by atoms with E-state index in [1.807, 2.05) is 25.1 Å². The van der Waals surface area contributed by atoms with Crippen molar-refractivity contribution in [1.82, 2.24) is 9.21 Å². The molecular formula is C21H24N2O6S. The van der Waals surface area contributed by atoms with Crippen LogP contribution in [0, 0.1) is 0 Å². The van der Waals surface area contributed by atoms with Gasteiger partial charge in [0.15, 0.2) is 11.5 Å². The highest BCUT2D eigenvalue weighted by molar-refractivity contribution is 7.89. The molecule has 0 N–H and O–H groups in total. The van der Waals surface area contributed by atoms with Gasteiger partial charge in [-0.3, -0.25) is 4.79 Å². The fourth-order valence-corrected chi connectivity index (χ4v) is 5.14. The highest BCUT2D eigenvalue weighted by Crippen LogP contribution is 2.33. The van der Waals surface area contributed by atoms with Crippen molar-refractivity contribution in [3.63, 3.8) is 0 Å². The zero-order valence-electron chi connectivity index (χ0n) is 16.7. The van der Waals surface area contributed by atoms with Crippen LogP contribution in [0.25, 0.3) is 0 Å². The van der Waals surface area contributed by atoms with Crippen LogP contribution in [0.3, 0.4) is 0 Å². The van der Waals surface area contributed by atoms with Crippen LogP contribution in [-0.2, 0) is 21.3 Å². The van der Waals surface area contributed by atoms with Gasteiger partial charge in [-0.25, -0.2) is 8.42 Å². The molecule has 8 nitrogen and oxygen atoms in total. The van der Waals surface area contributed by atoms with Crippen molar-refractivity contribution in [2.75, 3.05) is 39.6 Å². The van der Waals surface area contributed by atoms with Gasteiger partial charge in [-0.1, -0.05) is 18.2 Å². The Morgan fingerprint density at radius 2 is 1.80 bits per heavy atom. The average molecular weight is 432 g/mol. The van der Waals surface area contributed by atoms with Gasteiger partial charge in [-0.05, 0) is 36.8 Å². The minimum atomic E-state index is -3.79. The standard InChI is InChI=1S/C21H24N2O6S/c1-2-22(14-16-7-8-18-19(13-16)29-15-28-18)21(24)17-5-3-4-6-20(17)30(25,26)23-9-11-27-12-10-23/h3-8,13H,2,9-12,14-15H2,1H3.